The Balaban J connectivity index is 2.10. The lowest BCUT2D eigenvalue weighted by Crippen LogP contribution is -2.16. The van der Waals surface area contributed by atoms with Crippen LogP contribution >= 0.6 is 0 Å². The molecule has 21 heavy (non-hydrogen) atoms. The molecule has 1 aromatic carbocycles. The number of nitriles is 1. The average molecular weight is 296 g/mol. The first kappa shape index (κ1) is 15.4. The highest BCUT2D eigenvalue weighted by molar-refractivity contribution is 5.91. The molecule has 0 atom stereocenters. The molecule has 1 amide bonds. The lowest BCUT2D eigenvalue weighted by molar-refractivity contribution is -0.137. The summed E-state index contributed by atoms with van der Waals surface area (Å²) in [4.78, 5) is 11.8. The second-order valence-corrected chi connectivity index (χ2v) is 5.27. The van der Waals surface area contributed by atoms with Crippen LogP contribution in [0.3, 0.4) is 0 Å². The predicted molar refractivity (Wildman–Crippen MR) is 71.4 cm³/mol. The third-order valence-electron chi connectivity index (χ3n) is 3.68. The maximum absolute atomic E-state index is 12.8. The zero-order chi connectivity index (χ0) is 15.5. The molecule has 112 valence electrons. The van der Waals surface area contributed by atoms with Crippen LogP contribution < -0.4 is 5.32 Å². The van der Waals surface area contributed by atoms with E-state index in [1.54, 1.807) is 0 Å². The molecular formula is C15H15F3N2O. The van der Waals surface area contributed by atoms with Crippen LogP contribution in [0.25, 0.3) is 0 Å². The van der Waals surface area contributed by atoms with Gasteiger partial charge < -0.3 is 5.32 Å². The van der Waals surface area contributed by atoms with Crippen LogP contribution in [0.1, 0.15) is 43.2 Å². The summed E-state index contributed by atoms with van der Waals surface area (Å²) in [5.41, 5.74) is -1.40. The molecule has 0 spiro atoms. The number of halogens is 3. The fraction of sp³-hybridized carbons (Fsp3) is 0.467. The molecule has 0 heterocycles. The number of hydrogen-bond acceptors (Lipinski definition) is 2. The van der Waals surface area contributed by atoms with Gasteiger partial charge in [-0.15, -0.1) is 0 Å². The highest BCUT2D eigenvalue weighted by Gasteiger charge is 2.34. The summed E-state index contributed by atoms with van der Waals surface area (Å²) in [6.45, 7) is 0. The Labute approximate surface area is 120 Å². The number of nitrogens with zero attached hydrogens (tertiary/aromatic N) is 1. The first-order valence-electron chi connectivity index (χ1n) is 6.81. The first-order chi connectivity index (χ1) is 9.90. The third-order valence-corrected chi connectivity index (χ3v) is 3.68. The smallest absolute Gasteiger partial charge is 0.326 e. The van der Waals surface area contributed by atoms with Gasteiger partial charge in [0.05, 0.1) is 17.2 Å². The maximum atomic E-state index is 12.8. The minimum absolute atomic E-state index is 0.0734. The van der Waals surface area contributed by atoms with E-state index in [0.29, 0.717) is 12.3 Å². The molecule has 0 aliphatic heterocycles. The molecule has 2 rings (SSSR count). The monoisotopic (exact) mass is 296 g/mol. The van der Waals surface area contributed by atoms with Gasteiger partial charge >= 0.3 is 6.18 Å². The standard InChI is InChI=1S/C15H15F3N2O/c16-15(17,18)13-8-12(6-5-11(13)9-19)20-14(21)7-10-3-1-2-4-10/h5-6,8,10H,1-4,7H2,(H,20,21). The van der Waals surface area contributed by atoms with Gasteiger partial charge in [-0.1, -0.05) is 12.8 Å². The number of rotatable bonds is 3. The highest BCUT2D eigenvalue weighted by Crippen LogP contribution is 2.34. The fourth-order valence-corrected chi connectivity index (χ4v) is 2.64. The molecule has 1 fully saturated rings. The van der Waals surface area contributed by atoms with Crippen molar-refractivity contribution in [2.45, 2.75) is 38.3 Å². The summed E-state index contributed by atoms with van der Waals surface area (Å²) in [5.74, 6) is 0.0465. The second-order valence-electron chi connectivity index (χ2n) is 5.27. The molecule has 1 saturated carbocycles. The van der Waals surface area contributed by atoms with Crippen LogP contribution in [-0.4, -0.2) is 5.91 Å². The molecule has 0 saturated heterocycles. The van der Waals surface area contributed by atoms with E-state index in [-0.39, 0.29) is 11.6 Å². The van der Waals surface area contributed by atoms with Crippen LogP contribution in [0.15, 0.2) is 18.2 Å². The summed E-state index contributed by atoms with van der Waals surface area (Å²) in [5, 5.41) is 11.2. The molecule has 6 heteroatoms. The van der Waals surface area contributed by atoms with Crippen LogP contribution in [0, 0.1) is 17.2 Å². The lowest BCUT2D eigenvalue weighted by atomic mass is 10.0. The molecular weight excluding hydrogens is 281 g/mol. The number of alkyl halides is 3. The predicted octanol–water partition coefficient (Wildman–Crippen LogP) is 4.10. The van der Waals surface area contributed by atoms with Gasteiger partial charge in [0.1, 0.15) is 0 Å². The molecule has 0 bridgehead atoms. The first-order valence-corrected chi connectivity index (χ1v) is 6.81. The number of carbonyl (C=O) groups excluding carboxylic acids is 1. The van der Waals surface area contributed by atoms with Gasteiger partial charge in [-0.05, 0) is 37.0 Å². The zero-order valence-corrected chi connectivity index (χ0v) is 11.3. The SMILES string of the molecule is N#Cc1ccc(NC(=O)CC2CCCC2)cc1C(F)(F)F. The summed E-state index contributed by atoms with van der Waals surface area (Å²) in [7, 11) is 0. The Morgan fingerprint density at radius 3 is 2.57 bits per heavy atom. The molecule has 0 radical (unpaired) electrons. The fourth-order valence-electron chi connectivity index (χ4n) is 2.64. The second kappa shape index (κ2) is 6.17. The number of benzene rings is 1. The van der Waals surface area contributed by atoms with Crippen LogP contribution in [0.4, 0.5) is 18.9 Å². The van der Waals surface area contributed by atoms with Gasteiger partial charge in [0.15, 0.2) is 0 Å². The number of amides is 1. The van der Waals surface area contributed by atoms with Gasteiger partial charge in [0, 0.05) is 12.1 Å². The average Bonchev–Trinajstić information content (AvgIpc) is 2.90. The maximum Gasteiger partial charge on any atom is 0.417 e. The Morgan fingerprint density at radius 2 is 2.00 bits per heavy atom. The van der Waals surface area contributed by atoms with Crippen molar-refractivity contribution in [3.05, 3.63) is 29.3 Å². The van der Waals surface area contributed by atoms with E-state index in [2.05, 4.69) is 5.32 Å². The summed E-state index contributed by atoms with van der Waals surface area (Å²) in [6.07, 6.45) is -0.0815. The van der Waals surface area contributed by atoms with Gasteiger partial charge in [0.2, 0.25) is 5.91 Å². The van der Waals surface area contributed by atoms with Gasteiger partial charge in [0.25, 0.3) is 0 Å². The molecule has 1 N–H and O–H groups in total. The van der Waals surface area contributed by atoms with Gasteiger partial charge in [-0.2, -0.15) is 18.4 Å². The van der Waals surface area contributed by atoms with E-state index < -0.39 is 17.3 Å². The number of carbonyl (C=O) groups is 1. The summed E-state index contributed by atoms with van der Waals surface area (Å²) in [6, 6.07) is 4.72. The van der Waals surface area contributed by atoms with E-state index in [4.69, 9.17) is 5.26 Å². The van der Waals surface area contributed by atoms with Crippen molar-refractivity contribution in [3.8, 4) is 6.07 Å². The van der Waals surface area contributed by atoms with Crippen molar-refractivity contribution in [1.82, 2.24) is 0 Å². The molecule has 1 aliphatic carbocycles. The Bertz CT molecular complexity index is 569. The van der Waals surface area contributed by atoms with Crippen molar-refractivity contribution in [1.29, 1.82) is 5.26 Å². The summed E-state index contributed by atoms with van der Waals surface area (Å²) < 4.78 is 38.4. The van der Waals surface area contributed by atoms with E-state index in [1.807, 2.05) is 0 Å². The Kier molecular flexibility index (Phi) is 4.51. The number of nitrogens with one attached hydrogen (secondary N) is 1. The van der Waals surface area contributed by atoms with Crippen molar-refractivity contribution < 1.29 is 18.0 Å². The van der Waals surface area contributed by atoms with Gasteiger partial charge in [-0.3, -0.25) is 4.79 Å². The van der Waals surface area contributed by atoms with E-state index in [9.17, 15) is 18.0 Å². The summed E-state index contributed by atoms with van der Waals surface area (Å²) >= 11 is 0. The molecule has 0 aromatic heterocycles. The Hall–Kier alpha value is -2.03. The molecule has 1 aromatic rings. The normalized spacial score (nSPS) is 15.7. The molecule has 1 aliphatic rings. The van der Waals surface area contributed by atoms with Crippen LogP contribution in [0.2, 0.25) is 0 Å². The van der Waals surface area contributed by atoms with Crippen molar-refractivity contribution in [2.75, 3.05) is 5.32 Å². The minimum atomic E-state index is -4.61. The van der Waals surface area contributed by atoms with E-state index in [0.717, 1.165) is 37.8 Å². The van der Waals surface area contributed by atoms with E-state index in [1.165, 1.54) is 12.1 Å². The minimum Gasteiger partial charge on any atom is -0.326 e. The van der Waals surface area contributed by atoms with E-state index >= 15 is 0 Å². The third kappa shape index (κ3) is 3.97. The van der Waals surface area contributed by atoms with Crippen molar-refractivity contribution in [3.63, 3.8) is 0 Å². The van der Waals surface area contributed by atoms with Crippen molar-refractivity contribution >= 4 is 11.6 Å². The number of hydrogen-bond donors (Lipinski definition) is 1. The highest BCUT2D eigenvalue weighted by atomic mass is 19.4. The largest absolute Gasteiger partial charge is 0.417 e. The molecule has 0 unspecified atom stereocenters. The van der Waals surface area contributed by atoms with Gasteiger partial charge in [-0.25, -0.2) is 0 Å². The topological polar surface area (TPSA) is 52.9 Å². The molecule has 3 nitrogen and oxygen atoms in total. The van der Waals surface area contributed by atoms with Crippen molar-refractivity contribution in [2.24, 2.45) is 5.92 Å². The van der Waals surface area contributed by atoms with Crippen LogP contribution in [0.5, 0.6) is 0 Å². The quantitative estimate of drug-likeness (QED) is 0.913. The number of anilines is 1. The zero-order valence-electron chi connectivity index (χ0n) is 11.3. The lowest BCUT2D eigenvalue weighted by Gasteiger charge is -2.13. The Morgan fingerprint density at radius 1 is 1.33 bits per heavy atom. The van der Waals surface area contributed by atoms with Crippen LogP contribution in [-0.2, 0) is 11.0 Å².